The average Bonchev–Trinajstić information content (AvgIpc) is 3.19. The van der Waals surface area contributed by atoms with Crippen LogP contribution in [0.3, 0.4) is 0 Å². The number of thiazole rings is 1. The molecule has 0 radical (unpaired) electrons. The molecule has 3 aromatic rings. The van der Waals surface area contributed by atoms with Gasteiger partial charge in [0.25, 0.3) is 0 Å². The Morgan fingerprint density at radius 2 is 1.90 bits per heavy atom. The Hall–Kier alpha value is -1.80. The van der Waals surface area contributed by atoms with Crippen molar-refractivity contribution in [3.05, 3.63) is 53.6 Å². The SMILES string of the molecule is O=C(CSc1ccccc1)NCCN1CCN(c2nc3c(Cl)cccc3s2)CC1. The van der Waals surface area contributed by atoms with E-state index in [0.717, 1.165) is 53.0 Å². The van der Waals surface area contributed by atoms with Crippen molar-refractivity contribution >= 4 is 56.0 Å². The number of piperazine rings is 1. The third-order valence-electron chi connectivity index (χ3n) is 4.86. The molecule has 0 bridgehead atoms. The molecule has 1 saturated heterocycles. The highest BCUT2D eigenvalue weighted by atomic mass is 35.5. The van der Waals surface area contributed by atoms with Crippen molar-refractivity contribution in [2.45, 2.75) is 4.90 Å². The zero-order valence-corrected chi connectivity index (χ0v) is 18.4. The van der Waals surface area contributed by atoms with Gasteiger partial charge in [0.05, 0.1) is 15.5 Å². The molecule has 8 heteroatoms. The summed E-state index contributed by atoms with van der Waals surface area (Å²) in [5.74, 6) is 0.543. The van der Waals surface area contributed by atoms with Crippen LogP contribution in [0.5, 0.6) is 0 Å². The van der Waals surface area contributed by atoms with Crippen molar-refractivity contribution in [1.82, 2.24) is 15.2 Å². The molecule has 5 nitrogen and oxygen atoms in total. The van der Waals surface area contributed by atoms with Gasteiger partial charge in [0.1, 0.15) is 5.52 Å². The van der Waals surface area contributed by atoms with Gasteiger partial charge in [0, 0.05) is 44.2 Å². The van der Waals surface area contributed by atoms with Gasteiger partial charge in [-0.2, -0.15) is 0 Å². The van der Waals surface area contributed by atoms with Crippen molar-refractivity contribution < 1.29 is 4.79 Å². The van der Waals surface area contributed by atoms with E-state index in [0.29, 0.717) is 17.3 Å². The number of amides is 1. The third-order valence-corrected chi connectivity index (χ3v) is 7.26. The number of carbonyl (C=O) groups is 1. The Kier molecular flexibility index (Phi) is 6.92. The Labute approximate surface area is 184 Å². The highest BCUT2D eigenvalue weighted by Crippen LogP contribution is 2.33. The number of hydrogen-bond donors (Lipinski definition) is 1. The summed E-state index contributed by atoms with van der Waals surface area (Å²) in [5.41, 5.74) is 0.896. The second-order valence-electron chi connectivity index (χ2n) is 6.86. The van der Waals surface area contributed by atoms with Crippen LogP contribution < -0.4 is 10.2 Å². The molecule has 0 spiro atoms. The maximum atomic E-state index is 12.0. The van der Waals surface area contributed by atoms with Gasteiger partial charge in [-0.1, -0.05) is 47.2 Å². The molecule has 152 valence electrons. The number of nitrogens with one attached hydrogen (secondary N) is 1. The second-order valence-corrected chi connectivity index (χ2v) is 9.33. The lowest BCUT2D eigenvalue weighted by atomic mass is 10.3. The fourth-order valence-corrected chi connectivity index (χ4v) is 5.34. The molecule has 0 unspecified atom stereocenters. The van der Waals surface area contributed by atoms with Crippen LogP contribution in [0.25, 0.3) is 10.2 Å². The standard InChI is InChI=1S/C21H23ClN4OS2/c22-17-7-4-8-18-20(17)24-21(29-18)26-13-11-25(12-14-26)10-9-23-19(27)15-28-16-5-2-1-3-6-16/h1-8H,9-15H2,(H,23,27). The molecule has 1 aliphatic rings. The van der Waals surface area contributed by atoms with E-state index in [1.807, 2.05) is 42.5 Å². The largest absolute Gasteiger partial charge is 0.354 e. The topological polar surface area (TPSA) is 48.5 Å². The molecule has 29 heavy (non-hydrogen) atoms. The number of benzene rings is 2. The summed E-state index contributed by atoms with van der Waals surface area (Å²) in [6.07, 6.45) is 0. The predicted octanol–water partition coefficient (Wildman–Crippen LogP) is 3.98. The van der Waals surface area contributed by atoms with Crippen LogP contribution in [0.1, 0.15) is 0 Å². The first-order chi connectivity index (χ1) is 14.2. The molecular formula is C21H23ClN4OS2. The maximum absolute atomic E-state index is 12.0. The number of anilines is 1. The van der Waals surface area contributed by atoms with Crippen molar-refractivity contribution in [2.24, 2.45) is 0 Å². The molecule has 1 amide bonds. The molecule has 0 atom stereocenters. The number of hydrogen-bond acceptors (Lipinski definition) is 6. The van der Waals surface area contributed by atoms with E-state index in [4.69, 9.17) is 16.6 Å². The van der Waals surface area contributed by atoms with Gasteiger partial charge in [0.2, 0.25) is 5.91 Å². The van der Waals surface area contributed by atoms with Gasteiger partial charge < -0.3 is 10.2 Å². The number of rotatable bonds is 7. The van der Waals surface area contributed by atoms with Crippen LogP contribution >= 0.6 is 34.7 Å². The number of nitrogens with zero attached hydrogens (tertiary/aromatic N) is 3. The summed E-state index contributed by atoms with van der Waals surface area (Å²) in [6, 6.07) is 15.9. The highest BCUT2D eigenvalue weighted by Gasteiger charge is 2.20. The van der Waals surface area contributed by atoms with Crippen LogP contribution in [0.15, 0.2) is 53.4 Å². The van der Waals surface area contributed by atoms with E-state index in [9.17, 15) is 4.79 Å². The first kappa shape index (κ1) is 20.5. The molecule has 0 aliphatic carbocycles. The minimum Gasteiger partial charge on any atom is -0.354 e. The summed E-state index contributed by atoms with van der Waals surface area (Å²) in [7, 11) is 0. The normalized spacial score (nSPS) is 15.0. The monoisotopic (exact) mass is 446 g/mol. The lowest BCUT2D eigenvalue weighted by molar-refractivity contribution is -0.118. The first-order valence-electron chi connectivity index (χ1n) is 9.66. The Balaban J connectivity index is 1.18. The lowest BCUT2D eigenvalue weighted by Gasteiger charge is -2.34. The van der Waals surface area contributed by atoms with E-state index in [1.165, 1.54) is 0 Å². The number of aromatic nitrogens is 1. The molecule has 2 aromatic carbocycles. The summed E-state index contributed by atoms with van der Waals surface area (Å²) < 4.78 is 1.13. The van der Waals surface area contributed by atoms with E-state index < -0.39 is 0 Å². The number of halogens is 1. The van der Waals surface area contributed by atoms with E-state index in [-0.39, 0.29) is 5.91 Å². The molecular weight excluding hydrogens is 424 g/mol. The van der Waals surface area contributed by atoms with Gasteiger partial charge in [-0.3, -0.25) is 9.69 Å². The molecule has 1 fully saturated rings. The van der Waals surface area contributed by atoms with Crippen LogP contribution in [0.2, 0.25) is 5.02 Å². The summed E-state index contributed by atoms with van der Waals surface area (Å²) >= 11 is 9.52. The van der Waals surface area contributed by atoms with Crippen LogP contribution in [-0.4, -0.2) is 60.8 Å². The van der Waals surface area contributed by atoms with Crippen molar-refractivity contribution in [3.63, 3.8) is 0 Å². The number of fused-ring (bicyclic) bond motifs is 1. The predicted molar refractivity (Wildman–Crippen MR) is 123 cm³/mol. The van der Waals surface area contributed by atoms with E-state index >= 15 is 0 Å². The fraction of sp³-hybridized carbons (Fsp3) is 0.333. The van der Waals surface area contributed by atoms with Gasteiger partial charge in [0.15, 0.2) is 5.13 Å². The maximum Gasteiger partial charge on any atom is 0.230 e. The van der Waals surface area contributed by atoms with Gasteiger partial charge in [-0.25, -0.2) is 4.98 Å². The van der Waals surface area contributed by atoms with Crippen LogP contribution in [0, 0.1) is 0 Å². The number of carbonyl (C=O) groups excluding carboxylic acids is 1. The minimum atomic E-state index is 0.0869. The molecule has 2 heterocycles. The number of para-hydroxylation sites is 1. The summed E-state index contributed by atoms with van der Waals surface area (Å²) in [5, 5.41) is 4.78. The Morgan fingerprint density at radius 1 is 1.10 bits per heavy atom. The number of thioether (sulfide) groups is 1. The average molecular weight is 447 g/mol. The van der Waals surface area contributed by atoms with Crippen LogP contribution in [0.4, 0.5) is 5.13 Å². The summed E-state index contributed by atoms with van der Waals surface area (Å²) in [6.45, 7) is 5.38. The first-order valence-corrected chi connectivity index (χ1v) is 11.8. The zero-order chi connectivity index (χ0) is 20.1. The molecule has 1 aromatic heterocycles. The third kappa shape index (κ3) is 5.42. The summed E-state index contributed by atoms with van der Waals surface area (Å²) in [4.78, 5) is 22.6. The molecule has 4 rings (SSSR count). The van der Waals surface area contributed by atoms with Crippen molar-refractivity contribution in [2.75, 3.05) is 49.9 Å². The van der Waals surface area contributed by atoms with Crippen molar-refractivity contribution in [1.29, 1.82) is 0 Å². The Morgan fingerprint density at radius 3 is 2.66 bits per heavy atom. The fourth-order valence-electron chi connectivity index (χ4n) is 3.27. The van der Waals surface area contributed by atoms with Crippen molar-refractivity contribution in [3.8, 4) is 0 Å². The second kappa shape index (κ2) is 9.80. The van der Waals surface area contributed by atoms with Gasteiger partial charge >= 0.3 is 0 Å². The van der Waals surface area contributed by atoms with Gasteiger partial charge in [-0.15, -0.1) is 11.8 Å². The lowest BCUT2D eigenvalue weighted by Crippen LogP contribution is -2.48. The van der Waals surface area contributed by atoms with Crippen LogP contribution in [-0.2, 0) is 4.79 Å². The molecule has 1 N–H and O–H groups in total. The van der Waals surface area contributed by atoms with E-state index in [2.05, 4.69) is 21.2 Å². The smallest absolute Gasteiger partial charge is 0.230 e. The minimum absolute atomic E-state index is 0.0869. The van der Waals surface area contributed by atoms with Gasteiger partial charge in [-0.05, 0) is 24.3 Å². The zero-order valence-electron chi connectivity index (χ0n) is 16.0. The molecule has 0 saturated carbocycles. The highest BCUT2D eigenvalue weighted by molar-refractivity contribution is 8.00. The Bertz CT molecular complexity index is 958. The van der Waals surface area contributed by atoms with E-state index in [1.54, 1.807) is 23.1 Å². The quantitative estimate of drug-likeness (QED) is 0.556. The molecule has 1 aliphatic heterocycles.